The lowest BCUT2D eigenvalue weighted by atomic mass is 10.2. The number of benzene rings is 2. The molecule has 1 N–H and O–H groups in total. The Labute approximate surface area is 125 Å². The zero-order valence-corrected chi connectivity index (χ0v) is 11.8. The summed E-state index contributed by atoms with van der Waals surface area (Å²) in [6.45, 7) is 1.89. The van der Waals surface area contributed by atoms with Crippen molar-refractivity contribution in [2.75, 3.05) is 5.32 Å². The van der Waals surface area contributed by atoms with Gasteiger partial charge in [-0.2, -0.15) is 13.2 Å². The van der Waals surface area contributed by atoms with Crippen molar-refractivity contribution < 1.29 is 22.7 Å². The van der Waals surface area contributed by atoms with Crippen LogP contribution in [0.2, 0.25) is 0 Å². The molecule has 116 valence electrons. The van der Waals surface area contributed by atoms with E-state index < -0.39 is 18.5 Å². The van der Waals surface area contributed by atoms with E-state index in [-0.39, 0.29) is 11.4 Å². The normalized spacial score (nSPS) is 11.1. The van der Waals surface area contributed by atoms with Crippen molar-refractivity contribution in [3.05, 3.63) is 54.1 Å². The molecule has 2 rings (SSSR count). The number of alkyl halides is 3. The molecule has 0 aliphatic heterocycles. The van der Waals surface area contributed by atoms with Crippen molar-refractivity contribution in [3.63, 3.8) is 0 Å². The van der Waals surface area contributed by atoms with Crippen molar-refractivity contribution in [1.29, 1.82) is 0 Å². The van der Waals surface area contributed by atoms with E-state index in [0.717, 1.165) is 5.56 Å². The lowest BCUT2D eigenvalue weighted by Crippen LogP contribution is -2.21. The van der Waals surface area contributed by atoms with Gasteiger partial charge < -0.3 is 10.1 Å². The second kappa shape index (κ2) is 6.51. The molecule has 22 heavy (non-hydrogen) atoms. The van der Waals surface area contributed by atoms with Gasteiger partial charge in [0.15, 0.2) is 5.75 Å². The van der Waals surface area contributed by atoms with Crippen LogP contribution in [-0.2, 0) is 4.79 Å². The van der Waals surface area contributed by atoms with Crippen molar-refractivity contribution in [3.8, 4) is 11.5 Å². The van der Waals surface area contributed by atoms with Crippen LogP contribution in [0.3, 0.4) is 0 Å². The lowest BCUT2D eigenvalue weighted by molar-refractivity contribution is -0.150. The Kier molecular flexibility index (Phi) is 4.70. The minimum atomic E-state index is -4.55. The fraction of sp³-hybridized carbons (Fsp3) is 0.188. The molecular weight excluding hydrogens is 295 g/mol. The number of hydrogen-bond acceptors (Lipinski definition) is 2. The zero-order valence-electron chi connectivity index (χ0n) is 11.8. The van der Waals surface area contributed by atoms with Crippen molar-refractivity contribution in [2.45, 2.75) is 19.5 Å². The summed E-state index contributed by atoms with van der Waals surface area (Å²) in [4.78, 5) is 11.4. The number of ether oxygens (including phenoxy) is 1. The molecule has 0 radical (unpaired) electrons. The number of anilines is 1. The second-order valence-electron chi connectivity index (χ2n) is 4.75. The molecule has 0 unspecified atom stereocenters. The van der Waals surface area contributed by atoms with Crippen LogP contribution in [0.4, 0.5) is 18.9 Å². The molecule has 0 saturated heterocycles. The van der Waals surface area contributed by atoms with Gasteiger partial charge in [-0.05, 0) is 36.8 Å². The first kappa shape index (κ1) is 15.9. The van der Waals surface area contributed by atoms with Gasteiger partial charge in [-0.1, -0.05) is 24.3 Å². The Hall–Kier alpha value is -2.50. The van der Waals surface area contributed by atoms with Gasteiger partial charge in [0.25, 0.3) is 0 Å². The monoisotopic (exact) mass is 309 g/mol. The quantitative estimate of drug-likeness (QED) is 0.890. The summed E-state index contributed by atoms with van der Waals surface area (Å²) in [7, 11) is 0. The fourth-order valence-corrected chi connectivity index (χ4v) is 1.84. The number of carbonyl (C=O) groups is 1. The Morgan fingerprint density at radius 3 is 2.55 bits per heavy atom. The fourth-order valence-electron chi connectivity index (χ4n) is 1.84. The van der Waals surface area contributed by atoms with E-state index in [1.165, 1.54) is 6.07 Å². The summed E-state index contributed by atoms with van der Waals surface area (Å²) >= 11 is 0. The molecule has 0 bridgehead atoms. The Balaban J connectivity index is 2.15. The van der Waals surface area contributed by atoms with E-state index in [1.807, 2.05) is 13.0 Å². The standard InChI is InChI=1S/C16H14F3NO2/c1-11-5-4-6-12(9-11)22-14-8-3-2-7-13(14)20-15(21)10-16(17,18)19/h2-9H,10H2,1H3,(H,20,21). The predicted molar refractivity (Wildman–Crippen MR) is 77.0 cm³/mol. The third kappa shape index (κ3) is 4.80. The molecule has 0 atom stereocenters. The van der Waals surface area contributed by atoms with E-state index >= 15 is 0 Å². The molecule has 0 fully saturated rings. The number of halogens is 3. The number of hydrogen-bond donors (Lipinski definition) is 1. The molecule has 0 heterocycles. The topological polar surface area (TPSA) is 38.3 Å². The van der Waals surface area contributed by atoms with Gasteiger partial charge in [-0.15, -0.1) is 0 Å². The van der Waals surface area contributed by atoms with Gasteiger partial charge in [-0.3, -0.25) is 4.79 Å². The highest BCUT2D eigenvalue weighted by Crippen LogP contribution is 2.30. The van der Waals surface area contributed by atoms with Crippen LogP contribution in [-0.4, -0.2) is 12.1 Å². The van der Waals surface area contributed by atoms with Crippen LogP contribution in [0.25, 0.3) is 0 Å². The lowest BCUT2D eigenvalue weighted by Gasteiger charge is -2.13. The predicted octanol–water partition coefficient (Wildman–Crippen LogP) is 4.68. The highest BCUT2D eigenvalue weighted by Gasteiger charge is 2.31. The third-order valence-corrected chi connectivity index (χ3v) is 2.74. The van der Waals surface area contributed by atoms with Crippen LogP contribution in [0.15, 0.2) is 48.5 Å². The molecule has 0 spiro atoms. The average Bonchev–Trinajstić information content (AvgIpc) is 2.39. The summed E-state index contributed by atoms with van der Waals surface area (Å²) in [6.07, 6.45) is -6.08. The average molecular weight is 309 g/mol. The van der Waals surface area contributed by atoms with Crippen LogP contribution < -0.4 is 10.1 Å². The van der Waals surface area contributed by atoms with Gasteiger partial charge >= 0.3 is 6.18 Å². The number of rotatable bonds is 4. The van der Waals surface area contributed by atoms with Crippen molar-refractivity contribution in [2.24, 2.45) is 0 Å². The number of para-hydroxylation sites is 2. The van der Waals surface area contributed by atoms with Crippen molar-refractivity contribution in [1.82, 2.24) is 0 Å². The second-order valence-corrected chi connectivity index (χ2v) is 4.75. The highest BCUT2D eigenvalue weighted by molar-refractivity contribution is 5.92. The molecule has 0 aliphatic carbocycles. The summed E-state index contributed by atoms with van der Waals surface area (Å²) in [5, 5.41) is 2.22. The molecule has 0 saturated carbocycles. The molecule has 2 aromatic rings. The molecule has 1 amide bonds. The molecular formula is C16H14F3NO2. The third-order valence-electron chi connectivity index (χ3n) is 2.74. The first-order valence-electron chi connectivity index (χ1n) is 6.54. The Morgan fingerprint density at radius 1 is 1.14 bits per heavy atom. The maximum absolute atomic E-state index is 12.2. The van der Waals surface area contributed by atoms with Crippen LogP contribution >= 0.6 is 0 Å². The Bertz CT molecular complexity index is 668. The number of amides is 1. The van der Waals surface area contributed by atoms with Crippen LogP contribution in [0.5, 0.6) is 11.5 Å². The summed E-state index contributed by atoms with van der Waals surface area (Å²) in [5.41, 5.74) is 1.18. The summed E-state index contributed by atoms with van der Waals surface area (Å²) < 4.78 is 42.3. The molecule has 0 aromatic heterocycles. The summed E-state index contributed by atoms with van der Waals surface area (Å²) in [5.74, 6) is -0.311. The van der Waals surface area contributed by atoms with Gasteiger partial charge in [-0.25, -0.2) is 0 Å². The van der Waals surface area contributed by atoms with Crippen LogP contribution in [0, 0.1) is 6.92 Å². The number of carbonyl (C=O) groups excluding carboxylic acids is 1. The van der Waals surface area contributed by atoms with E-state index in [0.29, 0.717) is 5.75 Å². The molecule has 0 aliphatic rings. The van der Waals surface area contributed by atoms with E-state index in [4.69, 9.17) is 4.74 Å². The Morgan fingerprint density at radius 2 is 1.86 bits per heavy atom. The minimum Gasteiger partial charge on any atom is -0.455 e. The van der Waals surface area contributed by atoms with E-state index in [1.54, 1.807) is 36.4 Å². The number of aryl methyl sites for hydroxylation is 1. The first-order chi connectivity index (χ1) is 10.3. The maximum Gasteiger partial charge on any atom is 0.397 e. The van der Waals surface area contributed by atoms with E-state index in [2.05, 4.69) is 5.32 Å². The van der Waals surface area contributed by atoms with Gasteiger partial charge in [0, 0.05) is 0 Å². The highest BCUT2D eigenvalue weighted by atomic mass is 19.4. The molecule has 6 heteroatoms. The molecule has 3 nitrogen and oxygen atoms in total. The maximum atomic E-state index is 12.2. The van der Waals surface area contributed by atoms with Gasteiger partial charge in [0.2, 0.25) is 5.91 Å². The summed E-state index contributed by atoms with van der Waals surface area (Å²) in [6, 6.07) is 13.5. The smallest absolute Gasteiger partial charge is 0.397 e. The van der Waals surface area contributed by atoms with Gasteiger partial charge in [0.05, 0.1) is 5.69 Å². The van der Waals surface area contributed by atoms with Crippen LogP contribution in [0.1, 0.15) is 12.0 Å². The van der Waals surface area contributed by atoms with E-state index in [9.17, 15) is 18.0 Å². The van der Waals surface area contributed by atoms with Crippen molar-refractivity contribution >= 4 is 11.6 Å². The molecule has 2 aromatic carbocycles. The zero-order chi connectivity index (χ0) is 16.2. The SMILES string of the molecule is Cc1cccc(Oc2ccccc2NC(=O)CC(F)(F)F)c1. The van der Waals surface area contributed by atoms with Gasteiger partial charge in [0.1, 0.15) is 12.2 Å². The largest absolute Gasteiger partial charge is 0.455 e. The number of nitrogens with one attached hydrogen (secondary N) is 1. The first-order valence-corrected chi connectivity index (χ1v) is 6.54. The minimum absolute atomic E-state index is 0.193.